The first kappa shape index (κ1) is 16.6. The molecule has 1 unspecified atom stereocenters. The Morgan fingerprint density at radius 1 is 1.41 bits per heavy atom. The zero-order valence-electron chi connectivity index (χ0n) is 15.1. The zero-order valence-corrected chi connectivity index (χ0v) is 15.1. The standard InChI is InChI=1S/C19H21FN4O3/c1-26-18-15-12(6-13(20)16(18)23-5-4-10(7-21)8-23)17-14(22-9-27-17)19(25)24(15)11-2-3-11/h6,9-11H,2-5,7-8,21H2,1H3. The Labute approximate surface area is 154 Å². The summed E-state index contributed by atoms with van der Waals surface area (Å²) in [6, 6.07) is 1.53. The quantitative estimate of drug-likeness (QED) is 0.757. The van der Waals surface area contributed by atoms with Crippen molar-refractivity contribution in [2.45, 2.75) is 25.3 Å². The molecule has 8 heteroatoms. The summed E-state index contributed by atoms with van der Waals surface area (Å²) in [7, 11) is 1.51. The number of fused-ring (bicyclic) bond motifs is 3. The molecule has 2 fully saturated rings. The first-order chi connectivity index (χ1) is 13.1. The van der Waals surface area contributed by atoms with Crippen molar-refractivity contribution in [2.24, 2.45) is 11.7 Å². The van der Waals surface area contributed by atoms with Crippen molar-refractivity contribution in [3.8, 4) is 5.75 Å². The molecular formula is C19H21FN4O3. The number of aromatic nitrogens is 2. The van der Waals surface area contributed by atoms with Gasteiger partial charge in [0.05, 0.1) is 12.5 Å². The first-order valence-corrected chi connectivity index (χ1v) is 9.27. The van der Waals surface area contributed by atoms with Gasteiger partial charge in [0.15, 0.2) is 29.1 Å². The van der Waals surface area contributed by atoms with Gasteiger partial charge in [-0.1, -0.05) is 0 Å². The molecule has 0 bridgehead atoms. The highest BCUT2D eigenvalue weighted by atomic mass is 19.1. The summed E-state index contributed by atoms with van der Waals surface area (Å²) in [5, 5.41) is 0.515. The van der Waals surface area contributed by atoms with Gasteiger partial charge in [0.1, 0.15) is 11.2 Å². The second-order valence-electron chi connectivity index (χ2n) is 7.41. The highest BCUT2D eigenvalue weighted by molar-refractivity contribution is 6.05. The number of nitrogens with zero attached hydrogens (tertiary/aromatic N) is 3. The molecule has 1 aliphatic heterocycles. The van der Waals surface area contributed by atoms with Gasteiger partial charge >= 0.3 is 0 Å². The van der Waals surface area contributed by atoms with Crippen LogP contribution in [0.1, 0.15) is 25.3 Å². The lowest BCUT2D eigenvalue weighted by molar-refractivity contribution is 0.413. The van der Waals surface area contributed by atoms with E-state index in [1.165, 1.54) is 19.6 Å². The summed E-state index contributed by atoms with van der Waals surface area (Å²) < 4.78 is 28.1. The van der Waals surface area contributed by atoms with E-state index in [4.69, 9.17) is 14.9 Å². The summed E-state index contributed by atoms with van der Waals surface area (Å²) >= 11 is 0. The molecule has 0 radical (unpaired) electrons. The molecule has 0 spiro atoms. The third-order valence-corrected chi connectivity index (χ3v) is 5.71. The molecular weight excluding hydrogens is 351 g/mol. The van der Waals surface area contributed by atoms with Gasteiger partial charge in [-0.15, -0.1) is 0 Å². The maximum absolute atomic E-state index is 15.2. The Morgan fingerprint density at radius 2 is 2.22 bits per heavy atom. The molecule has 5 rings (SSSR count). The zero-order chi connectivity index (χ0) is 18.7. The molecule has 1 aromatic carbocycles. The van der Waals surface area contributed by atoms with Crippen molar-refractivity contribution >= 4 is 27.7 Å². The van der Waals surface area contributed by atoms with Crippen LogP contribution in [0.5, 0.6) is 5.75 Å². The van der Waals surface area contributed by atoms with Gasteiger partial charge < -0.3 is 19.8 Å². The Bertz CT molecular complexity index is 1100. The van der Waals surface area contributed by atoms with E-state index in [0.717, 1.165) is 19.3 Å². The number of benzene rings is 1. The summed E-state index contributed by atoms with van der Waals surface area (Å²) in [5.74, 6) is 0.313. The third-order valence-electron chi connectivity index (χ3n) is 5.71. The van der Waals surface area contributed by atoms with Crippen molar-refractivity contribution in [3.63, 3.8) is 0 Å². The summed E-state index contributed by atoms with van der Waals surface area (Å²) in [5.41, 5.74) is 7.10. The largest absolute Gasteiger partial charge is 0.492 e. The number of oxazole rings is 1. The smallest absolute Gasteiger partial charge is 0.281 e. The van der Waals surface area contributed by atoms with Gasteiger partial charge in [-0.05, 0) is 37.8 Å². The van der Waals surface area contributed by atoms with E-state index in [0.29, 0.717) is 53.5 Å². The van der Waals surface area contributed by atoms with E-state index in [1.54, 1.807) is 4.57 Å². The van der Waals surface area contributed by atoms with Crippen LogP contribution in [0.15, 0.2) is 21.7 Å². The van der Waals surface area contributed by atoms with Crippen LogP contribution in [0.4, 0.5) is 10.1 Å². The van der Waals surface area contributed by atoms with Gasteiger partial charge in [0.25, 0.3) is 5.56 Å². The lowest BCUT2D eigenvalue weighted by atomic mass is 10.1. The molecule has 2 aromatic heterocycles. The third kappa shape index (κ3) is 2.36. The average molecular weight is 372 g/mol. The molecule has 1 aliphatic carbocycles. The minimum atomic E-state index is -0.393. The van der Waals surface area contributed by atoms with Crippen LogP contribution in [0.2, 0.25) is 0 Å². The number of hydrogen-bond donors (Lipinski definition) is 1. The Hall–Kier alpha value is -2.61. The van der Waals surface area contributed by atoms with Crippen LogP contribution in [0, 0.1) is 11.7 Å². The second-order valence-corrected chi connectivity index (χ2v) is 7.41. The lowest BCUT2D eigenvalue weighted by Crippen LogP contribution is -2.25. The normalized spacial score (nSPS) is 20.1. The van der Waals surface area contributed by atoms with Gasteiger partial charge in [-0.2, -0.15) is 0 Å². The molecule has 1 atom stereocenters. The minimum absolute atomic E-state index is 0.0867. The maximum Gasteiger partial charge on any atom is 0.281 e. The Kier molecular flexibility index (Phi) is 3.65. The summed E-state index contributed by atoms with van der Waals surface area (Å²) in [6.07, 6.45) is 3.96. The van der Waals surface area contributed by atoms with Gasteiger partial charge in [0, 0.05) is 19.1 Å². The number of rotatable bonds is 4. The molecule has 1 saturated carbocycles. The number of halogens is 1. The fraction of sp³-hybridized carbons (Fsp3) is 0.474. The van der Waals surface area contributed by atoms with E-state index < -0.39 is 5.82 Å². The van der Waals surface area contributed by atoms with Crippen molar-refractivity contribution in [1.29, 1.82) is 0 Å². The van der Waals surface area contributed by atoms with E-state index in [9.17, 15) is 4.79 Å². The molecule has 0 amide bonds. The van der Waals surface area contributed by atoms with E-state index in [2.05, 4.69) is 4.98 Å². The lowest BCUT2D eigenvalue weighted by Gasteiger charge is -2.24. The number of nitrogens with two attached hydrogens (primary N) is 1. The van der Waals surface area contributed by atoms with Crippen molar-refractivity contribution in [1.82, 2.24) is 9.55 Å². The fourth-order valence-electron chi connectivity index (χ4n) is 4.22. The summed E-state index contributed by atoms with van der Waals surface area (Å²) in [6.45, 7) is 1.95. The predicted molar refractivity (Wildman–Crippen MR) is 99.9 cm³/mol. The van der Waals surface area contributed by atoms with Crippen molar-refractivity contribution in [3.05, 3.63) is 28.6 Å². The first-order valence-electron chi connectivity index (χ1n) is 9.27. The topological polar surface area (TPSA) is 86.5 Å². The van der Waals surface area contributed by atoms with Crippen molar-refractivity contribution in [2.75, 3.05) is 31.6 Å². The fourth-order valence-corrected chi connectivity index (χ4v) is 4.22. The summed E-state index contributed by atoms with van der Waals surface area (Å²) in [4.78, 5) is 19.1. The molecule has 27 heavy (non-hydrogen) atoms. The minimum Gasteiger partial charge on any atom is -0.492 e. The number of methoxy groups -OCH3 is 1. The molecule has 3 heterocycles. The van der Waals surface area contributed by atoms with Gasteiger partial charge in [-0.25, -0.2) is 9.37 Å². The van der Waals surface area contributed by atoms with E-state index in [-0.39, 0.29) is 17.1 Å². The highest BCUT2D eigenvalue weighted by Crippen LogP contribution is 2.45. The van der Waals surface area contributed by atoms with E-state index in [1.807, 2.05) is 4.90 Å². The van der Waals surface area contributed by atoms with Gasteiger partial charge in [0.2, 0.25) is 0 Å². The number of ether oxygens (including phenoxy) is 1. The average Bonchev–Trinajstić information content (AvgIpc) is 3.19. The second kappa shape index (κ2) is 5.95. The van der Waals surface area contributed by atoms with Gasteiger partial charge in [-0.3, -0.25) is 9.36 Å². The number of pyridine rings is 1. The Balaban J connectivity index is 1.86. The van der Waals surface area contributed by atoms with E-state index >= 15 is 4.39 Å². The van der Waals surface area contributed by atoms with Crippen LogP contribution >= 0.6 is 0 Å². The molecule has 2 N–H and O–H groups in total. The Morgan fingerprint density at radius 3 is 2.89 bits per heavy atom. The molecule has 1 saturated heterocycles. The maximum atomic E-state index is 15.2. The van der Waals surface area contributed by atoms with Crippen molar-refractivity contribution < 1.29 is 13.5 Å². The monoisotopic (exact) mass is 372 g/mol. The van der Waals surface area contributed by atoms with Crippen LogP contribution in [-0.4, -0.2) is 36.3 Å². The van der Waals surface area contributed by atoms with Crippen LogP contribution in [0.3, 0.4) is 0 Å². The highest BCUT2D eigenvalue weighted by Gasteiger charge is 2.34. The number of anilines is 1. The molecule has 3 aromatic rings. The van der Waals surface area contributed by atoms with Crippen LogP contribution < -0.4 is 20.9 Å². The van der Waals surface area contributed by atoms with Crippen LogP contribution in [-0.2, 0) is 0 Å². The SMILES string of the molecule is COc1c(N2CCC(CN)C2)c(F)cc2c3ocnc3c(=O)n(C3CC3)c12. The van der Waals surface area contributed by atoms with Crippen LogP contribution in [0.25, 0.3) is 22.0 Å². The molecule has 142 valence electrons. The molecule has 2 aliphatic rings. The predicted octanol–water partition coefficient (Wildman–Crippen LogP) is 2.41. The molecule has 7 nitrogen and oxygen atoms in total. The number of hydrogen-bond acceptors (Lipinski definition) is 6.